The Labute approximate surface area is 76.1 Å². The van der Waals surface area contributed by atoms with Crippen molar-refractivity contribution in [2.75, 3.05) is 6.54 Å². The predicted molar refractivity (Wildman–Crippen MR) is 53.1 cm³/mol. The maximum Gasteiger partial charge on any atom is 0.0219 e. The summed E-state index contributed by atoms with van der Waals surface area (Å²) in [7, 11) is 0. The molecule has 1 saturated heterocycles. The van der Waals surface area contributed by atoms with Crippen LogP contribution in [0, 0.1) is 0 Å². The molecule has 0 saturated carbocycles. The normalized spacial score (nSPS) is 30.5. The van der Waals surface area contributed by atoms with Crippen LogP contribution in [0.25, 0.3) is 0 Å². The van der Waals surface area contributed by atoms with Gasteiger partial charge in [-0.1, -0.05) is 6.92 Å². The highest BCUT2D eigenvalue weighted by Gasteiger charge is 2.28. The predicted octanol–water partition coefficient (Wildman–Crippen LogP) is 1.60. The highest BCUT2D eigenvalue weighted by atomic mass is 15.2. The van der Waals surface area contributed by atoms with Crippen LogP contribution in [0.5, 0.6) is 0 Å². The Morgan fingerprint density at radius 2 is 2.17 bits per heavy atom. The van der Waals surface area contributed by atoms with Crippen LogP contribution >= 0.6 is 0 Å². The molecule has 3 unspecified atom stereocenters. The number of nitrogens with zero attached hydrogens (tertiary/aromatic N) is 1. The molecule has 2 heteroatoms. The molecule has 2 N–H and O–H groups in total. The first-order valence-corrected chi connectivity index (χ1v) is 5.18. The largest absolute Gasteiger partial charge is 0.327 e. The second kappa shape index (κ2) is 4.24. The van der Waals surface area contributed by atoms with Gasteiger partial charge in [0.25, 0.3) is 0 Å². The van der Waals surface area contributed by atoms with E-state index in [1.54, 1.807) is 0 Å². The third-order valence-electron chi connectivity index (χ3n) is 3.18. The quantitative estimate of drug-likeness (QED) is 0.697. The topological polar surface area (TPSA) is 29.3 Å². The highest BCUT2D eigenvalue weighted by molar-refractivity contribution is 4.85. The molecule has 0 aromatic heterocycles. The molecule has 1 aliphatic rings. The number of rotatable bonds is 3. The molecule has 1 heterocycles. The van der Waals surface area contributed by atoms with E-state index in [-0.39, 0.29) is 0 Å². The van der Waals surface area contributed by atoms with E-state index in [0.29, 0.717) is 12.1 Å². The van der Waals surface area contributed by atoms with Gasteiger partial charge in [0.15, 0.2) is 0 Å². The molecule has 0 aromatic rings. The highest BCUT2D eigenvalue weighted by Crippen LogP contribution is 2.22. The van der Waals surface area contributed by atoms with E-state index in [2.05, 4.69) is 25.7 Å². The van der Waals surface area contributed by atoms with Gasteiger partial charge in [-0.15, -0.1) is 0 Å². The summed E-state index contributed by atoms with van der Waals surface area (Å²) < 4.78 is 0. The molecule has 1 aliphatic heterocycles. The van der Waals surface area contributed by atoms with Gasteiger partial charge >= 0.3 is 0 Å². The van der Waals surface area contributed by atoms with Gasteiger partial charge in [-0.25, -0.2) is 0 Å². The van der Waals surface area contributed by atoms with Crippen molar-refractivity contribution in [3.05, 3.63) is 0 Å². The molecule has 0 bridgehead atoms. The summed E-state index contributed by atoms with van der Waals surface area (Å²) in [4.78, 5) is 2.57. The third-order valence-corrected chi connectivity index (χ3v) is 3.18. The van der Waals surface area contributed by atoms with Crippen molar-refractivity contribution < 1.29 is 0 Å². The first-order chi connectivity index (χ1) is 5.66. The first-order valence-electron chi connectivity index (χ1n) is 5.18. The van der Waals surface area contributed by atoms with Gasteiger partial charge < -0.3 is 5.73 Å². The Morgan fingerprint density at radius 1 is 1.50 bits per heavy atom. The molecule has 0 aliphatic carbocycles. The number of hydrogen-bond donors (Lipinski definition) is 1. The van der Waals surface area contributed by atoms with E-state index < -0.39 is 0 Å². The van der Waals surface area contributed by atoms with E-state index in [1.165, 1.54) is 25.8 Å². The number of nitrogens with two attached hydrogens (primary N) is 1. The van der Waals surface area contributed by atoms with Crippen LogP contribution in [-0.2, 0) is 0 Å². The van der Waals surface area contributed by atoms with Crippen molar-refractivity contribution in [2.24, 2.45) is 5.73 Å². The molecule has 12 heavy (non-hydrogen) atoms. The Hall–Kier alpha value is -0.0800. The fourth-order valence-corrected chi connectivity index (χ4v) is 2.13. The van der Waals surface area contributed by atoms with Crippen molar-refractivity contribution >= 4 is 0 Å². The third kappa shape index (κ3) is 1.99. The molecule has 0 radical (unpaired) electrons. The summed E-state index contributed by atoms with van der Waals surface area (Å²) in [6.45, 7) is 7.88. The lowest BCUT2D eigenvalue weighted by Crippen LogP contribution is -2.46. The maximum absolute atomic E-state index is 5.89. The summed E-state index contributed by atoms with van der Waals surface area (Å²) in [5.41, 5.74) is 5.89. The molecule has 1 rings (SSSR count). The fraction of sp³-hybridized carbons (Fsp3) is 1.00. The van der Waals surface area contributed by atoms with Gasteiger partial charge in [0.2, 0.25) is 0 Å². The molecular weight excluding hydrogens is 148 g/mol. The van der Waals surface area contributed by atoms with Gasteiger partial charge in [0, 0.05) is 18.1 Å². The van der Waals surface area contributed by atoms with Gasteiger partial charge in [0.05, 0.1) is 0 Å². The second-order valence-electron chi connectivity index (χ2n) is 4.04. The lowest BCUT2D eigenvalue weighted by atomic mass is 10.1. The molecular formula is C10H22N2. The zero-order chi connectivity index (χ0) is 9.14. The van der Waals surface area contributed by atoms with E-state index in [0.717, 1.165) is 6.04 Å². The van der Waals surface area contributed by atoms with Crippen molar-refractivity contribution in [1.82, 2.24) is 4.90 Å². The van der Waals surface area contributed by atoms with Crippen molar-refractivity contribution in [3.8, 4) is 0 Å². The minimum atomic E-state index is 0.303. The molecule has 3 atom stereocenters. The average molecular weight is 170 g/mol. The Morgan fingerprint density at radius 3 is 2.67 bits per heavy atom. The lowest BCUT2D eigenvalue weighted by Gasteiger charge is -2.32. The van der Waals surface area contributed by atoms with Crippen LogP contribution in [0.4, 0.5) is 0 Å². The zero-order valence-electron chi connectivity index (χ0n) is 8.59. The van der Waals surface area contributed by atoms with Crippen molar-refractivity contribution in [2.45, 2.75) is 58.2 Å². The average Bonchev–Trinajstić information content (AvgIpc) is 2.49. The maximum atomic E-state index is 5.89. The zero-order valence-corrected chi connectivity index (χ0v) is 8.59. The van der Waals surface area contributed by atoms with Gasteiger partial charge in [-0.3, -0.25) is 4.90 Å². The summed E-state index contributed by atoms with van der Waals surface area (Å²) in [6, 6.07) is 1.65. The van der Waals surface area contributed by atoms with Crippen LogP contribution in [0.3, 0.4) is 0 Å². The van der Waals surface area contributed by atoms with Crippen LogP contribution in [0.1, 0.15) is 40.0 Å². The SMILES string of the molecule is CCC1CCCN1C(C)C(C)N. The smallest absolute Gasteiger partial charge is 0.0219 e. The van der Waals surface area contributed by atoms with Crippen molar-refractivity contribution in [1.29, 1.82) is 0 Å². The van der Waals surface area contributed by atoms with E-state index in [1.807, 2.05) is 0 Å². The van der Waals surface area contributed by atoms with E-state index in [4.69, 9.17) is 5.73 Å². The Bertz CT molecular complexity index is 134. The van der Waals surface area contributed by atoms with Crippen LogP contribution < -0.4 is 5.73 Å². The summed E-state index contributed by atoms with van der Waals surface area (Å²) in [5, 5.41) is 0. The Balaban J connectivity index is 2.49. The number of likely N-dealkylation sites (tertiary alicyclic amines) is 1. The summed E-state index contributed by atoms with van der Waals surface area (Å²) in [6.07, 6.45) is 4.00. The van der Waals surface area contributed by atoms with Crippen molar-refractivity contribution in [3.63, 3.8) is 0 Å². The van der Waals surface area contributed by atoms with Crippen LogP contribution in [0.2, 0.25) is 0 Å². The molecule has 0 aromatic carbocycles. The molecule has 72 valence electrons. The van der Waals surface area contributed by atoms with Gasteiger partial charge in [0.1, 0.15) is 0 Å². The molecule has 2 nitrogen and oxygen atoms in total. The summed E-state index contributed by atoms with van der Waals surface area (Å²) in [5.74, 6) is 0. The van der Waals surface area contributed by atoms with E-state index in [9.17, 15) is 0 Å². The minimum absolute atomic E-state index is 0.303. The summed E-state index contributed by atoms with van der Waals surface area (Å²) >= 11 is 0. The van der Waals surface area contributed by atoms with Crippen LogP contribution in [0.15, 0.2) is 0 Å². The second-order valence-corrected chi connectivity index (χ2v) is 4.04. The molecule has 0 amide bonds. The van der Waals surface area contributed by atoms with Crippen LogP contribution in [-0.4, -0.2) is 29.6 Å². The first kappa shape index (κ1) is 10.0. The fourth-order valence-electron chi connectivity index (χ4n) is 2.13. The molecule has 1 fully saturated rings. The number of hydrogen-bond acceptors (Lipinski definition) is 2. The Kier molecular flexibility index (Phi) is 3.53. The molecule has 0 spiro atoms. The van der Waals surface area contributed by atoms with Gasteiger partial charge in [-0.2, -0.15) is 0 Å². The monoisotopic (exact) mass is 170 g/mol. The van der Waals surface area contributed by atoms with E-state index >= 15 is 0 Å². The standard InChI is InChI=1S/C10H22N2/c1-4-10-6-5-7-12(10)9(3)8(2)11/h8-10H,4-7,11H2,1-3H3. The van der Waals surface area contributed by atoms with Gasteiger partial charge in [-0.05, 0) is 39.7 Å². The lowest BCUT2D eigenvalue weighted by molar-refractivity contribution is 0.169. The minimum Gasteiger partial charge on any atom is -0.327 e.